The van der Waals surface area contributed by atoms with E-state index in [-0.39, 0.29) is 12.1 Å². The Balaban J connectivity index is 1.07. The van der Waals surface area contributed by atoms with Crippen molar-refractivity contribution < 1.29 is 4.74 Å². The fourth-order valence-electron chi connectivity index (χ4n) is 4.90. The van der Waals surface area contributed by atoms with Crippen LogP contribution in [0.5, 0.6) is 0 Å². The van der Waals surface area contributed by atoms with Crippen LogP contribution in [0.25, 0.3) is 0 Å². The van der Waals surface area contributed by atoms with Crippen molar-refractivity contribution in [1.29, 1.82) is 5.41 Å². The van der Waals surface area contributed by atoms with Crippen LogP contribution in [0, 0.1) is 5.41 Å². The summed E-state index contributed by atoms with van der Waals surface area (Å²) in [6.45, 7) is 4.92. The lowest BCUT2D eigenvalue weighted by atomic mass is 10.1. The number of rotatable bonds is 9. The fraction of sp³-hybridized carbons (Fsp3) is 0.370. The van der Waals surface area contributed by atoms with Gasteiger partial charge in [0, 0.05) is 63.9 Å². The zero-order valence-electron chi connectivity index (χ0n) is 22.1. The number of anilines is 4. The van der Waals surface area contributed by atoms with Gasteiger partial charge in [0.25, 0.3) is 0 Å². The number of aromatic nitrogens is 7. The third-order valence-electron chi connectivity index (χ3n) is 6.94. The molecule has 40 heavy (non-hydrogen) atoms. The van der Waals surface area contributed by atoms with E-state index in [1.54, 1.807) is 6.20 Å². The van der Waals surface area contributed by atoms with Crippen LogP contribution < -0.4 is 20.4 Å². The lowest BCUT2D eigenvalue weighted by Crippen LogP contribution is -2.55. The second-order valence-electron chi connectivity index (χ2n) is 9.81. The highest BCUT2D eigenvalue weighted by molar-refractivity contribution is 5.68. The van der Waals surface area contributed by atoms with Gasteiger partial charge in [-0.15, -0.1) is 0 Å². The molecule has 0 amide bonds. The number of nitrogens with zero attached hydrogens (tertiary/aromatic N) is 9. The van der Waals surface area contributed by atoms with Crippen LogP contribution in [-0.2, 0) is 17.7 Å². The molecule has 4 aromatic rings. The molecule has 13 heteroatoms. The summed E-state index contributed by atoms with van der Waals surface area (Å²) in [5, 5.41) is 19.0. The number of ether oxygens (including phenoxy) is 1. The Bertz CT molecular complexity index is 1390. The number of morpholine rings is 1. The topological polar surface area (TPSA) is 146 Å². The van der Waals surface area contributed by atoms with Crippen LogP contribution in [0.2, 0.25) is 0 Å². The molecule has 5 heterocycles. The molecule has 206 valence electrons. The smallest absolute Gasteiger partial charge is 0.232 e. The van der Waals surface area contributed by atoms with Crippen LogP contribution >= 0.6 is 0 Å². The second-order valence-corrected chi connectivity index (χ2v) is 9.81. The summed E-state index contributed by atoms with van der Waals surface area (Å²) < 4.78 is 7.62. The lowest BCUT2D eigenvalue weighted by molar-refractivity contribution is 0.0161. The van der Waals surface area contributed by atoms with E-state index < -0.39 is 0 Å². The third kappa shape index (κ3) is 6.21. The van der Waals surface area contributed by atoms with Crippen LogP contribution in [0.1, 0.15) is 11.1 Å². The third-order valence-corrected chi connectivity index (χ3v) is 6.94. The molecule has 2 saturated heterocycles. The lowest BCUT2D eigenvalue weighted by Gasteiger charge is -2.39. The van der Waals surface area contributed by atoms with E-state index in [9.17, 15) is 0 Å². The molecule has 1 aromatic carbocycles. The number of hydrogen-bond acceptors (Lipinski definition) is 12. The average molecular weight is 541 g/mol. The first-order valence-corrected chi connectivity index (χ1v) is 13.4. The second kappa shape index (κ2) is 12.1. The van der Waals surface area contributed by atoms with Gasteiger partial charge in [-0.1, -0.05) is 30.3 Å². The quantitative estimate of drug-likeness (QED) is 0.266. The first kappa shape index (κ1) is 25.8. The molecule has 2 aliphatic rings. The predicted octanol–water partition coefficient (Wildman–Crippen LogP) is 1.53. The number of hydrogen-bond donors (Lipinski definition) is 3. The summed E-state index contributed by atoms with van der Waals surface area (Å²) in [6.07, 6.45) is 11.2. The molecule has 2 unspecified atom stereocenters. The maximum Gasteiger partial charge on any atom is 0.232 e. The highest BCUT2D eigenvalue weighted by Gasteiger charge is 2.29. The summed E-state index contributed by atoms with van der Waals surface area (Å²) in [5.74, 6) is 1.61. The first-order valence-electron chi connectivity index (χ1n) is 13.4. The molecule has 0 saturated carbocycles. The van der Waals surface area contributed by atoms with Gasteiger partial charge in [-0.05, 0) is 11.1 Å². The molecule has 0 bridgehead atoms. The molecule has 3 N–H and O–H groups in total. The Kier molecular flexibility index (Phi) is 7.82. The minimum absolute atomic E-state index is 0.100. The minimum Gasteiger partial charge on any atom is -0.374 e. The van der Waals surface area contributed by atoms with Crippen molar-refractivity contribution in [3.8, 4) is 0 Å². The molecule has 2 fully saturated rings. The fourth-order valence-corrected chi connectivity index (χ4v) is 4.90. The van der Waals surface area contributed by atoms with E-state index >= 15 is 0 Å². The van der Waals surface area contributed by atoms with Gasteiger partial charge in [-0.3, -0.25) is 4.68 Å². The van der Waals surface area contributed by atoms with E-state index in [4.69, 9.17) is 10.1 Å². The Morgan fingerprint density at radius 1 is 1.02 bits per heavy atom. The van der Waals surface area contributed by atoms with Crippen molar-refractivity contribution >= 4 is 29.7 Å². The Hall–Kier alpha value is -4.49. The molecule has 6 rings (SSSR count). The summed E-state index contributed by atoms with van der Waals surface area (Å²) >= 11 is 0. The first-order chi connectivity index (χ1) is 19.7. The molecule has 0 radical (unpaired) electrons. The maximum absolute atomic E-state index is 8.07. The van der Waals surface area contributed by atoms with E-state index in [1.807, 2.05) is 41.5 Å². The number of nitrogens with one attached hydrogen (secondary N) is 3. The van der Waals surface area contributed by atoms with Crippen molar-refractivity contribution in [2.45, 2.75) is 25.1 Å². The van der Waals surface area contributed by atoms with Gasteiger partial charge in [0.1, 0.15) is 6.33 Å². The van der Waals surface area contributed by atoms with Gasteiger partial charge in [-0.2, -0.15) is 10.1 Å². The molecule has 13 nitrogen and oxygen atoms in total. The van der Waals surface area contributed by atoms with Gasteiger partial charge in [-0.25, -0.2) is 19.9 Å². The van der Waals surface area contributed by atoms with Crippen molar-refractivity contribution in [1.82, 2.24) is 40.0 Å². The summed E-state index contributed by atoms with van der Waals surface area (Å²) in [5.41, 5.74) is 3.06. The van der Waals surface area contributed by atoms with Gasteiger partial charge < -0.3 is 30.6 Å². The van der Waals surface area contributed by atoms with Crippen LogP contribution in [0.4, 0.5) is 23.5 Å². The van der Waals surface area contributed by atoms with E-state index in [2.05, 4.69) is 62.6 Å². The van der Waals surface area contributed by atoms with Gasteiger partial charge in [0.2, 0.25) is 17.8 Å². The average Bonchev–Trinajstić information content (AvgIpc) is 3.44. The Morgan fingerprint density at radius 2 is 1.90 bits per heavy atom. The minimum atomic E-state index is -0.211. The van der Waals surface area contributed by atoms with Crippen molar-refractivity contribution in [3.05, 3.63) is 72.6 Å². The van der Waals surface area contributed by atoms with E-state index in [1.165, 1.54) is 18.1 Å². The molecule has 2 aliphatic heterocycles. The Labute approximate surface area is 232 Å². The number of piperazine rings is 1. The SMILES string of the molecule is N=CC1CN(c2ncnc(Nc3cnn(CC4CNCCO4)c3)n2)CCN1c1ncc(Cc2ccccc2)cn1. The molecular weight excluding hydrogens is 508 g/mol. The predicted molar refractivity (Wildman–Crippen MR) is 151 cm³/mol. The van der Waals surface area contributed by atoms with E-state index in [0.717, 1.165) is 30.8 Å². The zero-order chi connectivity index (χ0) is 27.1. The van der Waals surface area contributed by atoms with Crippen molar-refractivity contribution in [2.75, 3.05) is 54.4 Å². The molecule has 0 aliphatic carbocycles. The Morgan fingerprint density at radius 3 is 2.70 bits per heavy atom. The molecular formula is C27H32N12O. The standard InChI is InChI=1S/C27H32N12O/c28-11-23-17-37(7-8-39(23)26-30-12-21(13-31-26)10-20-4-2-1-3-5-20)27-33-19-32-25(36-27)35-22-14-34-38(16-22)18-24-15-29-6-9-40-24/h1-5,11-14,16,19,23-24,28-29H,6-10,15,17-18H2,(H,32,33,35,36). The maximum atomic E-state index is 8.07. The van der Waals surface area contributed by atoms with Gasteiger partial charge in [0.05, 0.1) is 37.2 Å². The van der Waals surface area contributed by atoms with Gasteiger partial charge in [0.15, 0.2) is 0 Å². The van der Waals surface area contributed by atoms with Crippen molar-refractivity contribution in [2.24, 2.45) is 0 Å². The summed E-state index contributed by atoms with van der Waals surface area (Å²) in [6, 6.07) is 10.1. The molecule has 3 aromatic heterocycles. The molecule has 2 atom stereocenters. The monoisotopic (exact) mass is 540 g/mol. The van der Waals surface area contributed by atoms with Crippen LogP contribution in [0.15, 0.2) is 61.4 Å². The van der Waals surface area contributed by atoms with Crippen LogP contribution in [-0.4, -0.2) is 92.4 Å². The summed E-state index contributed by atoms with van der Waals surface area (Å²) in [7, 11) is 0. The largest absolute Gasteiger partial charge is 0.374 e. The van der Waals surface area contributed by atoms with E-state index in [0.29, 0.717) is 50.6 Å². The number of benzene rings is 1. The normalized spacial score (nSPS) is 19.4. The highest BCUT2D eigenvalue weighted by Crippen LogP contribution is 2.21. The highest BCUT2D eigenvalue weighted by atomic mass is 16.5. The zero-order valence-corrected chi connectivity index (χ0v) is 22.1. The van der Waals surface area contributed by atoms with Gasteiger partial charge >= 0.3 is 0 Å². The molecule has 0 spiro atoms. The summed E-state index contributed by atoms with van der Waals surface area (Å²) in [4.78, 5) is 26.7. The van der Waals surface area contributed by atoms with Crippen LogP contribution in [0.3, 0.4) is 0 Å². The van der Waals surface area contributed by atoms with Crippen molar-refractivity contribution in [3.63, 3.8) is 0 Å².